The number of thioether (sulfide) groups is 1. The van der Waals surface area contributed by atoms with Crippen molar-refractivity contribution in [2.75, 3.05) is 0 Å². The summed E-state index contributed by atoms with van der Waals surface area (Å²) in [5.74, 6) is 0.598. The van der Waals surface area contributed by atoms with Crippen LogP contribution in [0, 0.1) is 5.82 Å². The van der Waals surface area contributed by atoms with Gasteiger partial charge in [-0.25, -0.2) is 4.39 Å². The first-order valence-corrected chi connectivity index (χ1v) is 6.50. The molecule has 0 N–H and O–H groups in total. The Morgan fingerprint density at radius 2 is 1.94 bits per heavy atom. The lowest BCUT2D eigenvalue weighted by Gasteiger charge is -2.02. The molecule has 1 aromatic carbocycles. The minimum Gasteiger partial charge on any atom is -0.265 e. The van der Waals surface area contributed by atoms with E-state index in [-0.39, 0.29) is 5.82 Å². The summed E-state index contributed by atoms with van der Waals surface area (Å²) >= 11 is 4.88. The number of hydrogen-bond acceptors (Lipinski definition) is 2. The van der Waals surface area contributed by atoms with E-state index in [9.17, 15) is 4.39 Å². The Morgan fingerprint density at radius 1 is 1.19 bits per heavy atom. The van der Waals surface area contributed by atoms with Crippen LogP contribution < -0.4 is 0 Å². The number of pyridine rings is 1. The monoisotopic (exact) mass is 297 g/mol. The van der Waals surface area contributed by atoms with Gasteiger partial charge in [-0.3, -0.25) is 4.98 Å². The van der Waals surface area contributed by atoms with Gasteiger partial charge in [0.05, 0.1) is 4.47 Å². The smallest absolute Gasteiger partial charge is 0.137 e. The third kappa shape index (κ3) is 3.06. The molecule has 0 fully saturated rings. The van der Waals surface area contributed by atoms with Crippen molar-refractivity contribution < 1.29 is 4.39 Å². The summed E-state index contributed by atoms with van der Waals surface area (Å²) in [7, 11) is 0. The topological polar surface area (TPSA) is 12.9 Å². The molecule has 1 aromatic heterocycles. The third-order valence-electron chi connectivity index (χ3n) is 2.04. The van der Waals surface area contributed by atoms with E-state index in [1.807, 2.05) is 18.2 Å². The highest BCUT2D eigenvalue weighted by molar-refractivity contribution is 9.10. The van der Waals surface area contributed by atoms with Gasteiger partial charge in [-0.15, -0.1) is 11.8 Å². The molecule has 0 spiro atoms. The fourth-order valence-corrected chi connectivity index (χ4v) is 2.48. The first kappa shape index (κ1) is 11.6. The zero-order valence-corrected chi connectivity index (χ0v) is 10.8. The van der Waals surface area contributed by atoms with Crippen molar-refractivity contribution in [1.82, 2.24) is 4.98 Å². The average molecular weight is 298 g/mol. The number of nitrogens with zero attached hydrogens (tertiary/aromatic N) is 1. The van der Waals surface area contributed by atoms with Crippen molar-refractivity contribution in [3.63, 3.8) is 0 Å². The summed E-state index contributed by atoms with van der Waals surface area (Å²) in [5, 5.41) is 0. The number of benzene rings is 1. The highest BCUT2D eigenvalue weighted by Gasteiger charge is 2.01. The largest absolute Gasteiger partial charge is 0.265 e. The van der Waals surface area contributed by atoms with Crippen molar-refractivity contribution in [1.29, 1.82) is 0 Å². The molecule has 0 aliphatic carbocycles. The molecule has 0 radical (unpaired) electrons. The van der Waals surface area contributed by atoms with E-state index in [2.05, 4.69) is 20.9 Å². The summed E-state index contributed by atoms with van der Waals surface area (Å²) in [6.45, 7) is 0. The van der Waals surface area contributed by atoms with Crippen LogP contribution in [0.25, 0.3) is 0 Å². The molecule has 0 saturated heterocycles. The Hall–Kier alpha value is -0.870. The fourth-order valence-electron chi connectivity index (χ4n) is 1.23. The van der Waals surface area contributed by atoms with Crippen LogP contribution in [0.15, 0.2) is 52.1 Å². The molecule has 4 heteroatoms. The van der Waals surface area contributed by atoms with Gasteiger partial charge in [-0.1, -0.05) is 6.07 Å². The van der Waals surface area contributed by atoms with Crippen molar-refractivity contribution in [3.05, 3.63) is 58.6 Å². The van der Waals surface area contributed by atoms with Crippen LogP contribution >= 0.6 is 27.7 Å². The maximum absolute atomic E-state index is 13.0. The lowest BCUT2D eigenvalue weighted by Crippen LogP contribution is -1.84. The fraction of sp³-hybridized carbons (Fsp3) is 0.0833. The van der Waals surface area contributed by atoms with Crippen LogP contribution in [0.1, 0.15) is 5.56 Å². The SMILES string of the molecule is Fc1ccc(CSc2ccncc2)cc1Br. The Kier molecular flexibility index (Phi) is 3.96. The Morgan fingerprint density at radius 3 is 2.62 bits per heavy atom. The highest BCUT2D eigenvalue weighted by atomic mass is 79.9. The van der Waals surface area contributed by atoms with Gasteiger partial charge in [-0.2, -0.15) is 0 Å². The summed E-state index contributed by atoms with van der Waals surface area (Å²) in [5.41, 5.74) is 1.09. The van der Waals surface area contributed by atoms with Crippen molar-refractivity contribution >= 4 is 27.7 Å². The normalized spacial score (nSPS) is 10.4. The molecule has 0 saturated carbocycles. The molecule has 0 bridgehead atoms. The Bertz CT molecular complexity index is 476. The number of halogens is 2. The second-order valence-electron chi connectivity index (χ2n) is 3.22. The second-order valence-corrected chi connectivity index (χ2v) is 5.12. The molecule has 1 nitrogen and oxygen atoms in total. The lowest BCUT2D eigenvalue weighted by atomic mass is 10.2. The van der Waals surface area contributed by atoms with E-state index in [1.54, 1.807) is 30.2 Å². The zero-order valence-electron chi connectivity index (χ0n) is 8.36. The number of hydrogen-bond donors (Lipinski definition) is 0. The van der Waals surface area contributed by atoms with Gasteiger partial charge in [0.15, 0.2) is 0 Å². The minimum absolute atomic E-state index is 0.224. The lowest BCUT2D eigenvalue weighted by molar-refractivity contribution is 0.620. The minimum atomic E-state index is -0.224. The van der Waals surface area contributed by atoms with Crippen LogP contribution in [-0.4, -0.2) is 4.98 Å². The van der Waals surface area contributed by atoms with Gasteiger partial charge in [0.25, 0.3) is 0 Å². The summed E-state index contributed by atoms with van der Waals surface area (Å²) in [6, 6.07) is 9.01. The average Bonchev–Trinajstić information content (AvgIpc) is 2.32. The van der Waals surface area contributed by atoms with Gasteiger partial charge in [-0.05, 0) is 45.8 Å². The molecule has 2 aromatic rings. The molecule has 82 valence electrons. The summed E-state index contributed by atoms with van der Waals surface area (Å²) in [6.07, 6.45) is 3.53. The Balaban J connectivity index is 2.03. The number of rotatable bonds is 3. The van der Waals surface area contributed by atoms with E-state index in [1.165, 1.54) is 6.07 Å². The van der Waals surface area contributed by atoms with E-state index >= 15 is 0 Å². The van der Waals surface area contributed by atoms with Crippen molar-refractivity contribution in [2.45, 2.75) is 10.6 Å². The van der Waals surface area contributed by atoms with Gasteiger partial charge in [0.2, 0.25) is 0 Å². The molecule has 2 rings (SSSR count). The van der Waals surface area contributed by atoms with E-state index in [0.29, 0.717) is 4.47 Å². The van der Waals surface area contributed by atoms with Crippen LogP contribution in [0.5, 0.6) is 0 Å². The summed E-state index contributed by atoms with van der Waals surface area (Å²) in [4.78, 5) is 5.12. The first-order chi connectivity index (χ1) is 7.75. The molecule has 0 atom stereocenters. The molecule has 16 heavy (non-hydrogen) atoms. The maximum Gasteiger partial charge on any atom is 0.137 e. The third-order valence-corrected chi connectivity index (χ3v) is 3.73. The molecule has 0 aliphatic rings. The quantitative estimate of drug-likeness (QED) is 0.785. The summed E-state index contributed by atoms with van der Waals surface area (Å²) < 4.78 is 13.5. The maximum atomic E-state index is 13.0. The van der Waals surface area contributed by atoms with Crippen molar-refractivity contribution in [3.8, 4) is 0 Å². The second kappa shape index (κ2) is 5.46. The zero-order chi connectivity index (χ0) is 11.4. The molecule has 0 aliphatic heterocycles. The van der Waals surface area contributed by atoms with Gasteiger partial charge in [0.1, 0.15) is 5.82 Å². The molecule has 0 unspecified atom stereocenters. The molecule has 1 heterocycles. The Labute approximate surface area is 106 Å². The van der Waals surface area contributed by atoms with Gasteiger partial charge in [0, 0.05) is 23.0 Å². The molecular weight excluding hydrogens is 289 g/mol. The van der Waals surface area contributed by atoms with Crippen molar-refractivity contribution in [2.24, 2.45) is 0 Å². The first-order valence-electron chi connectivity index (χ1n) is 4.72. The van der Waals surface area contributed by atoms with Crippen LogP contribution in [0.4, 0.5) is 4.39 Å². The van der Waals surface area contributed by atoms with E-state index in [0.717, 1.165) is 16.2 Å². The molecule has 0 amide bonds. The van der Waals surface area contributed by atoms with Crippen LogP contribution in [0.3, 0.4) is 0 Å². The standard InChI is InChI=1S/C12H9BrFNS/c13-11-7-9(1-2-12(11)14)8-16-10-3-5-15-6-4-10/h1-7H,8H2. The van der Waals surface area contributed by atoms with Crippen LogP contribution in [-0.2, 0) is 5.75 Å². The van der Waals surface area contributed by atoms with Gasteiger partial charge >= 0.3 is 0 Å². The highest BCUT2D eigenvalue weighted by Crippen LogP contribution is 2.24. The van der Waals surface area contributed by atoms with E-state index in [4.69, 9.17) is 0 Å². The van der Waals surface area contributed by atoms with E-state index < -0.39 is 0 Å². The predicted octanol–water partition coefficient (Wildman–Crippen LogP) is 4.28. The van der Waals surface area contributed by atoms with Crippen LogP contribution in [0.2, 0.25) is 0 Å². The number of aromatic nitrogens is 1. The molecular formula is C12H9BrFNS. The van der Waals surface area contributed by atoms with Gasteiger partial charge < -0.3 is 0 Å². The predicted molar refractivity (Wildman–Crippen MR) is 67.9 cm³/mol.